The average Bonchev–Trinajstić information content (AvgIpc) is 3.35. The number of likely N-dealkylation sites (tertiary alicyclic amines) is 1. The summed E-state index contributed by atoms with van der Waals surface area (Å²) in [5.74, 6) is -4.81. The van der Waals surface area contributed by atoms with Crippen LogP contribution in [0, 0.1) is 6.92 Å². The van der Waals surface area contributed by atoms with Crippen LogP contribution >= 0.6 is 11.6 Å². The van der Waals surface area contributed by atoms with E-state index in [2.05, 4.69) is 5.32 Å². The van der Waals surface area contributed by atoms with Crippen molar-refractivity contribution < 1.29 is 28.5 Å². The third-order valence-corrected chi connectivity index (χ3v) is 6.16. The number of rotatable bonds is 11. The SMILES string of the molecule is Cc1ccc([C@@H](O)[C@@H](CN2CCCC2)NC(=O)C(F)(F)/C=C/c2ccc(Cl)cc2)cc1OCCO. The second kappa shape index (κ2) is 12.4. The first kappa shape index (κ1) is 27.1. The summed E-state index contributed by atoms with van der Waals surface area (Å²) in [5, 5.41) is 23.0. The van der Waals surface area contributed by atoms with Gasteiger partial charge >= 0.3 is 5.92 Å². The van der Waals surface area contributed by atoms with E-state index in [-0.39, 0.29) is 19.8 Å². The predicted molar refractivity (Wildman–Crippen MR) is 132 cm³/mol. The minimum atomic E-state index is -3.79. The lowest BCUT2D eigenvalue weighted by molar-refractivity contribution is -0.141. The van der Waals surface area contributed by atoms with Crippen molar-refractivity contribution in [2.75, 3.05) is 32.8 Å². The zero-order valence-corrected chi connectivity index (χ0v) is 20.3. The highest BCUT2D eigenvalue weighted by atomic mass is 35.5. The Balaban J connectivity index is 1.78. The maximum Gasteiger partial charge on any atom is 0.343 e. The zero-order chi connectivity index (χ0) is 25.4. The van der Waals surface area contributed by atoms with E-state index in [4.69, 9.17) is 21.4 Å². The second-order valence-electron chi connectivity index (χ2n) is 8.64. The molecule has 0 aliphatic carbocycles. The summed E-state index contributed by atoms with van der Waals surface area (Å²) < 4.78 is 34.9. The van der Waals surface area contributed by atoms with Crippen molar-refractivity contribution in [1.29, 1.82) is 0 Å². The summed E-state index contributed by atoms with van der Waals surface area (Å²) in [6, 6.07) is 10.3. The van der Waals surface area contributed by atoms with Gasteiger partial charge in [0.25, 0.3) is 5.91 Å². The first-order valence-electron chi connectivity index (χ1n) is 11.6. The molecule has 0 radical (unpaired) electrons. The smallest absolute Gasteiger partial charge is 0.343 e. The van der Waals surface area contributed by atoms with Crippen LogP contribution in [0.2, 0.25) is 5.02 Å². The van der Waals surface area contributed by atoms with Gasteiger partial charge in [0, 0.05) is 11.6 Å². The van der Waals surface area contributed by atoms with Gasteiger partial charge in [-0.3, -0.25) is 4.79 Å². The minimum Gasteiger partial charge on any atom is -0.491 e. The largest absolute Gasteiger partial charge is 0.491 e. The number of carbonyl (C=O) groups is 1. The Morgan fingerprint density at radius 3 is 2.57 bits per heavy atom. The van der Waals surface area contributed by atoms with Crippen molar-refractivity contribution in [3.63, 3.8) is 0 Å². The fraction of sp³-hybridized carbons (Fsp3) is 0.423. The molecule has 2 atom stereocenters. The molecule has 0 spiro atoms. The highest BCUT2D eigenvalue weighted by molar-refractivity contribution is 6.30. The van der Waals surface area contributed by atoms with Gasteiger partial charge in [-0.25, -0.2) is 0 Å². The fourth-order valence-corrected chi connectivity index (χ4v) is 4.05. The Morgan fingerprint density at radius 2 is 1.91 bits per heavy atom. The first-order chi connectivity index (χ1) is 16.7. The van der Waals surface area contributed by atoms with Gasteiger partial charge in [0.05, 0.1) is 12.6 Å². The Morgan fingerprint density at radius 1 is 1.23 bits per heavy atom. The molecule has 3 rings (SSSR count). The molecule has 35 heavy (non-hydrogen) atoms. The van der Waals surface area contributed by atoms with Crippen LogP contribution in [0.1, 0.15) is 35.6 Å². The van der Waals surface area contributed by atoms with Gasteiger partial charge in [-0.2, -0.15) is 8.78 Å². The van der Waals surface area contributed by atoms with Crippen molar-refractivity contribution in [3.8, 4) is 5.75 Å². The Kier molecular flexibility index (Phi) is 9.63. The van der Waals surface area contributed by atoms with E-state index in [0.717, 1.165) is 37.6 Å². The van der Waals surface area contributed by atoms with E-state index in [9.17, 15) is 18.7 Å². The summed E-state index contributed by atoms with van der Waals surface area (Å²) in [5.41, 5.74) is 1.70. The van der Waals surface area contributed by atoms with Gasteiger partial charge in [0.2, 0.25) is 0 Å². The van der Waals surface area contributed by atoms with Gasteiger partial charge in [-0.15, -0.1) is 0 Å². The molecule has 6 nitrogen and oxygen atoms in total. The summed E-state index contributed by atoms with van der Waals surface area (Å²) in [6.45, 7) is 3.50. The normalized spacial score (nSPS) is 16.4. The van der Waals surface area contributed by atoms with Crippen LogP contribution in [0.5, 0.6) is 5.75 Å². The predicted octanol–water partition coefficient (Wildman–Crippen LogP) is 3.98. The number of amides is 1. The lowest BCUT2D eigenvalue weighted by Crippen LogP contribution is -2.51. The molecule has 1 fully saturated rings. The molecule has 1 saturated heterocycles. The molecule has 2 aromatic rings. The number of aryl methyl sites for hydroxylation is 1. The summed E-state index contributed by atoms with van der Waals surface area (Å²) in [4.78, 5) is 14.6. The first-order valence-corrected chi connectivity index (χ1v) is 12.0. The molecular formula is C26H31ClF2N2O4. The van der Waals surface area contributed by atoms with Gasteiger partial charge in [0.15, 0.2) is 0 Å². The number of hydrogen-bond donors (Lipinski definition) is 3. The van der Waals surface area contributed by atoms with Crippen molar-refractivity contribution in [2.24, 2.45) is 0 Å². The Hall–Kier alpha value is -2.52. The molecule has 0 bridgehead atoms. The summed E-state index contributed by atoms with van der Waals surface area (Å²) in [6.07, 6.45) is 2.40. The van der Waals surface area contributed by atoms with E-state index in [0.29, 0.717) is 28.0 Å². The van der Waals surface area contributed by atoms with Crippen LogP contribution in [0.3, 0.4) is 0 Å². The number of carbonyl (C=O) groups excluding carboxylic acids is 1. The van der Waals surface area contributed by atoms with Gasteiger partial charge in [0.1, 0.15) is 18.5 Å². The second-order valence-corrected chi connectivity index (χ2v) is 9.07. The summed E-state index contributed by atoms with van der Waals surface area (Å²) in [7, 11) is 0. The third-order valence-electron chi connectivity index (χ3n) is 5.91. The van der Waals surface area contributed by atoms with E-state index in [1.54, 1.807) is 42.5 Å². The van der Waals surface area contributed by atoms with Gasteiger partial charge < -0.3 is 25.2 Å². The molecule has 1 aliphatic rings. The maximum atomic E-state index is 14.7. The number of nitrogens with zero attached hydrogens (tertiary/aromatic N) is 1. The zero-order valence-electron chi connectivity index (χ0n) is 19.6. The molecule has 1 aliphatic heterocycles. The van der Waals surface area contributed by atoms with Gasteiger partial charge in [-0.1, -0.05) is 41.9 Å². The number of hydrogen-bond acceptors (Lipinski definition) is 5. The van der Waals surface area contributed by atoms with Crippen LogP contribution in [0.4, 0.5) is 8.78 Å². The summed E-state index contributed by atoms with van der Waals surface area (Å²) >= 11 is 5.82. The molecule has 0 saturated carbocycles. The number of halogens is 3. The average molecular weight is 509 g/mol. The molecule has 9 heteroatoms. The van der Waals surface area contributed by atoms with E-state index < -0.39 is 24.0 Å². The molecule has 2 aromatic carbocycles. The van der Waals surface area contributed by atoms with Crippen LogP contribution in [0.15, 0.2) is 48.5 Å². The quantitative estimate of drug-likeness (QED) is 0.428. The van der Waals surface area contributed by atoms with E-state index in [1.165, 1.54) is 0 Å². The maximum absolute atomic E-state index is 14.7. The van der Waals surface area contributed by atoms with Gasteiger partial charge in [-0.05, 0) is 73.8 Å². The highest BCUT2D eigenvalue weighted by Crippen LogP contribution is 2.27. The number of benzene rings is 2. The number of alkyl halides is 2. The number of ether oxygens (including phenoxy) is 1. The molecule has 1 amide bonds. The molecule has 0 unspecified atom stereocenters. The molecule has 3 N–H and O–H groups in total. The Bertz CT molecular complexity index is 1010. The van der Waals surface area contributed by atoms with Crippen LogP contribution < -0.4 is 10.1 Å². The van der Waals surface area contributed by atoms with Crippen LogP contribution in [-0.4, -0.2) is 65.8 Å². The van der Waals surface area contributed by atoms with Crippen molar-refractivity contribution in [2.45, 2.75) is 37.8 Å². The van der Waals surface area contributed by atoms with E-state index in [1.807, 2.05) is 11.8 Å². The fourth-order valence-electron chi connectivity index (χ4n) is 3.93. The monoisotopic (exact) mass is 508 g/mol. The third kappa shape index (κ3) is 7.73. The lowest BCUT2D eigenvalue weighted by Gasteiger charge is -2.30. The number of nitrogens with one attached hydrogen (secondary N) is 1. The lowest BCUT2D eigenvalue weighted by atomic mass is 9.99. The Labute approximate surface area is 209 Å². The van der Waals surface area contributed by atoms with Crippen molar-refractivity contribution in [1.82, 2.24) is 10.2 Å². The topological polar surface area (TPSA) is 82.0 Å². The number of aliphatic hydroxyl groups excluding tert-OH is 2. The van der Waals surface area contributed by atoms with E-state index >= 15 is 0 Å². The number of aliphatic hydroxyl groups is 2. The molecule has 0 aromatic heterocycles. The van der Waals surface area contributed by atoms with Crippen LogP contribution in [-0.2, 0) is 4.79 Å². The molecular weight excluding hydrogens is 478 g/mol. The minimum absolute atomic E-state index is 0.0838. The standard InChI is InChI=1S/C26H31ClF2N2O4/c1-18-4-7-20(16-23(18)35-15-14-32)24(33)22(17-31-12-2-3-13-31)30-25(34)26(28,29)11-10-19-5-8-21(27)9-6-19/h4-11,16,22,24,32-33H,2-3,12-15,17H2,1H3,(H,30,34)/b11-10+/t22-,24-/m1/s1. The van der Waals surface area contributed by atoms with Crippen LogP contribution in [0.25, 0.3) is 6.08 Å². The van der Waals surface area contributed by atoms with Crippen molar-refractivity contribution >= 4 is 23.6 Å². The molecule has 1 heterocycles. The molecule has 190 valence electrons. The van der Waals surface area contributed by atoms with Crippen molar-refractivity contribution in [3.05, 3.63) is 70.3 Å². The highest BCUT2D eigenvalue weighted by Gasteiger charge is 2.39.